The molecule has 0 aromatic heterocycles. The number of imide groups is 1. The molecule has 2 aromatic rings. The highest BCUT2D eigenvalue weighted by Gasteiger charge is 2.31. The van der Waals surface area contributed by atoms with Gasteiger partial charge in [-0.25, -0.2) is 4.79 Å². The molecule has 1 aliphatic heterocycles. The lowest BCUT2D eigenvalue weighted by atomic mass is 9.97. The van der Waals surface area contributed by atoms with Crippen LogP contribution in [0.5, 0.6) is 11.5 Å². The number of urea groups is 1. The van der Waals surface area contributed by atoms with Crippen molar-refractivity contribution in [3.63, 3.8) is 0 Å². The number of carbonyl (C=O) groups is 2. The van der Waals surface area contributed by atoms with Crippen LogP contribution < -0.4 is 15.4 Å². The van der Waals surface area contributed by atoms with E-state index >= 15 is 0 Å². The Kier molecular flexibility index (Phi) is 6.38. The average Bonchev–Trinajstić information content (AvgIpc) is 2.86. The van der Waals surface area contributed by atoms with E-state index in [-0.39, 0.29) is 18.2 Å². The summed E-state index contributed by atoms with van der Waals surface area (Å²) in [6.45, 7) is 1.24. The molecule has 0 radical (unpaired) electrons. The number of hydrogen-bond donors (Lipinski definition) is 3. The Morgan fingerprint density at radius 1 is 1.32 bits per heavy atom. The molecule has 28 heavy (non-hydrogen) atoms. The number of phenols is 1. The summed E-state index contributed by atoms with van der Waals surface area (Å²) in [7, 11) is 1.57. The van der Waals surface area contributed by atoms with Crippen molar-refractivity contribution in [3.8, 4) is 11.5 Å². The van der Waals surface area contributed by atoms with E-state index in [1.807, 2.05) is 0 Å². The van der Waals surface area contributed by atoms with Gasteiger partial charge < -0.3 is 20.5 Å². The number of amides is 3. The second-order valence-corrected chi connectivity index (χ2v) is 6.96. The predicted octanol–water partition coefficient (Wildman–Crippen LogP) is 2.88. The van der Waals surface area contributed by atoms with Gasteiger partial charge in [0.2, 0.25) is 5.91 Å². The standard InChI is InChI=1S/C20H22ClN3O4/c1-28-18-7-2-15(21)11-13(18)10-14-12-22-8-9-24(19(14)26)20(27)23-16-3-5-17(25)6-4-16/h2-7,11,14,22,25H,8-10,12H2,1H3,(H,23,27). The normalized spacial score (nSPS) is 17.1. The Hall–Kier alpha value is -2.77. The molecule has 1 heterocycles. The number of aromatic hydroxyl groups is 1. The van der Waals surface area contributed by atoms with Crippen molar-refractivity contribution in [1.82, 2.24) is 10.2 Å². The molecule has 7 nitrogen and oxygen atoms in total. The molecular weight excluding hydrogens is 382 g/mol. The summed E-state index contributed by atoms with van der Waals surface area (Å²) in [6.07, 6.45) is 0.401. The van der Waals surface area contributed by atoms with Crippen LogP contribution in [0.1, 0.15) is 5.56 Å². The average molecular weight is 404 g/mol. The number of nitrogens with zero attached hydrogens (tertiary/aromatic N) is 1. The Morgan fingerprint density at radius 3 is 2.79 bits per heavy atom. The third-order valence-electron chi connectivity index (χ3n) is 4.59. The molecule has 1 saturated heterocycles. The zero-order valence-corrected chi connectivity index (χ0v) is 16.2. The number of hydrogen-bond acceptors (Lipinski definition) is 5. The lowest BCUT2D eigenvalue weighted by Gasteiger charge is -2.23. The van der Waals surface area contributed by atoms with Gasteiger partial charge in [-0.3, -0.25) is 9.69 Å². The topological polar surface area (TPSA) is 90.9 Å². The summed E-state index contributed by atoms with van der Waals surface area (Å²) >= 11 is 6.09. The second kappa shape index (κ2) is 8.95. The molecule has 1 unspecified atom stereocenters. The van der Waals surface area contributed by atoms with Crippen LogP contribution in [-0.2, 0) is 11.2 Å². The van der Waals surface area contributed by atoms with E-state index in [1.165, 1.54) is 17.0 Å². The largest absolute Gasteiger partial charge is 0.508 e. The molecule has 148 valence electrons. The van der Waals surface area contributed by atoms with E-state index in [0.29, 0.717) is 36.0 Å². The van der Waals surface area contributed by atoms with Gasteiger partial charge in [-0.15, -0.1) is 0 Å². The number of benzene rings is 2. The summed E-state index contributed by atoms with van der Waals surface area (Å²) in [5.41, 5.74) is 1.32. The van der Waals surface area contributed by atoms with E-state index < -0.39 is 11.9 Å². The molecule has 3 amide bonds. The number of rotatable bonds is 4. The van der Waals surface area contributed by atoms with Crippen LogP contribution in [0.4, 0.5) is 10.5 Å². The number of methoxy groups -OCH3 is 1. The van der Waals surface area contributed by atoms with E-state index in [4.69, 9.17) is 16.3 Å². The van der Waals surface area contributed by atoms with Crippen molar-refractivity contribution in [2.45, 2.75) is 6.42 Å². The highest BCUT2D eigenvalue weighted by atomic mass is 35.5. The van der Waals surface area contributed by atoms with Crippen molar-refractivity contribution in [1.29, 1.82) is 0 Å². The lowest BCUT2D eigenvalue weighted by Crippen LogP contribution is -2.44. The molecular formula is C20H22ClN3O4. The maximum atomic E-state index is 13.0. The quantitative estimate of drug-likeness (QED) is 0.683. The number of nitrogens with one attached hydrogen (secondary N) is 2. The zero-order chi connectivity index (χ0) is 20.1. The minimum absolute atomic E-state index is 0.101. The van der Waals surface area contributed by atoms with Crippen molar-refractivity contribution in [3.05, 3.63) is 53.1 Å². The molecule has 2 aromatic carbocycles. The molecule has 0 aliphatic carbocycles. The van der Waals surface area contributed by atoms with Crippen LogP contribution in [-0.4, -0.2) is 48.7 Å². The van der Waals surface area contributed by atoms with Gasteiger partial charge in [0.05, 0.1) is 13.0 Å². The van der Waals surface area contributed by atoms with Crippen LogP contribution in [0.25, 0.3) is 0 Å². The van der Waals surface area contributed by atoms with Gasteiger partial charge >= 0.3 is 6.03 Å². The van der Waals surface area contributed by atoms with E-state index in [9.17, 15) is 14.7 Å². The zero-order valence-electron chi connectivity index (χ0n) is 15.4. The maximum absolute atomic E-state index is 13.0. The van der Waals surface area contributed by atoms with E-state index in [1.54, 1.807) is 37.4 Å². The first-order valence-electron chi connectivity index (χ1n) is 8.92. The van der Waals surface area contributed by atoms with Gasteiger partial charge in [-0.1, -0.05) is 11.6 Å². The molecule has 1 aliphatic rings. The van der Waals surface area contributed by atoms with Gasteiger partial charge in [0, 0.05) is 30.3 Å². The SMILES string of the molecule is COc1ccc(Cl)cc1CC1CNCCN(C(=O)Nc2ccc(O)cc2)C1=O. The van der Waals surface area contributed by atoms with Crippen LogP contribution in [0.3, 0.4) is 0 Å². The third kappa shape index (κ3) is 4.74. The van der Waals surface area contributed by atoms with Gasteiger partial charge in [0.25, 0.3) is 0 Å². The minimum atomic E-state index is -0.498. The first-order valence-corrected chi connectivity index (χ1v) is 9.30. The summed E-state index contributed by atoms with van der Waals surface area (Å²) in [4.78, 5) is 26.9. The first kappa shape index (κ1) is 20.0. The maximum Gasteiger partial charge on any atom is 0.328 e. The second-order valence-electron chi connectivity index (χ2n) is 6.53. The van der Waals surface area contributed by atoms with Crippen LogP contribution in [0, 0.1) is 5.92 Å². The van der Waals surface area contributed by atoms with Crippen molar-refractivity contribution in [2.75, 3.05) is 32.1 Å². The number of ether oxygens (including phenoxy) is 1. The summed E-state index contributed by atoms with van der Waals surface area (Å²) in [5.74, 6) is 0.0638. The molecule has 3 rings (SSSR count). The first-order chi connectivity index (χ1) is 13.5. The third-order valence-corrected chi connectivity index (χ3v) is 4.83. The van der Waals surface area contributed by atoms with E-state index in [0.717, 1.165) is 5.56 Å². The fourth-order valence-electron chi connectivity index (χ4n) is 3.15. The van der Waals surface area contributed by atoms with Crippen LogP contribution in [0.15, 0.2) is 42.5 Å². The van der Waals surface area contributed by atoms with Gasteiger partial charge in [-0.05, 0) is 54.4 Å². The Balaban J connectivity index is 1.75. The summed E-state index contributed by atoms with van der Waals surface area (Å²) in [6, 6.07) is 10.9. The minimum Gasteiger partial charge on any atom is -0.508 e. The van der Waals surface area contributed by atoms with Crippen molar-refractivity contribution < 1.29 is 19.4 Å². The predicted molar refractivity (Wildman–Crippen MR) is 107 cm³/mol. The molecule has 0 bridgehead atoms. The summed E-state index contributed by atoms with van der Waals surface area (Å²) in [5, 5.41) is 15.8. The Morgan fingerprint density at radius 2 is 2.07 bits per heavy atom. The lowest BCUT2D eigenvalue weighted by molar-refractivity contribution is -0.131. The smallest absolute Gasteiger partial charge is 0.328 e. The fraction of sp³-hybridized carbons (Fsp3) is 0.300. The van der Waals surface area contributed by atoms with Crippen LogP contribution in [0.2, 0.25) is 5.02 Å². The highest BCUT2D eigenvalue weighted by molar-refractivity contribution is 6.30. The van der Waals surface area contributed by atoms with Gasteiger partial charge in [-0.2, -0.15) is 0 Å². The molecule has 3 N–H and O–H groups in total. The van der Waals surface area contributed by atoms with Gasteiger partial charge in [0.1, 0.15) is 11.5 Å². The Bertz CT molecular complexity index is 857. The number of anilines is 1. The number of halogens is 1. The Labute approximate surface area is 168 Å². The van der Waals surface area contributed by atoms with Gasteiger partial charge in [0.15, 0.2) is 0 Å². The number of carbonyl (C=O) groups excluding carboxylic acids is 2. The van der Waals surface area contributed by atoms with Crippen molar-refractivity contribution in [2.24, 2.45) is 5.92 Å². The molecule has 0 spiro atoms. The summed E-state index contributed by atoms with van der Waals surface area (Å²) < 4.78 is 5.37. The van der Waals surface area contributed by atoms with E-state index in [2.05, 4.69) is 10.6 Å². The molecule has 8 heteroatoms. The number of phenolic OH excluding ortho intramolecular Hbond substituents is 1. The fourth-order valence-corrected chi connectivity index (χ4v) is 3.35. The molecule has 1 fully saturated rings. The van der Waals surface area contributed by atoms with Crippen molar-refractivity contribution >= 4 is 29.2 Å². The monoisotopic (exact) mass is 403 g/mol. The highest BCUT2D eigenvalue weighted by Crippen LogP contribution is 2.26. The molecule has 0 saturated carbocycles. The van der Waals surface area contributed by atoms with Crippen LogP contribution >= 0.6 is 11.6 Å². The molecule has 1 atom stereocenters.